The van der Waals surface area contributed by atoms with Crippen LogP contribution in [-0.4, -0.2) is 15.0 Å². The first kappa shape index (κ1) is 9.64. The largest absolute Gasteiger partial charge is 0.381 e. The van der Waals surface area contributed by atoms with Gasteiger partial charge in [0.1, 0.15) is 5.82 Å². The summed E-state index contributed by atoms with van der Waals surface area (Å²) in [7, 11) is 0. The van der Waals surface area contributed by atoms with Crippen molar-refractivity contribution in [2.45, 2.75) is 13.8 Å². The monoisotopic (exact) mass is 206 g/mol. The number of hydrogen-bond donors (Lipinski definition) is 1. The number of nitrogen functional groups attached to an aromatic ring is 1. The quantitative estimate of drug-likeness (QED) is 0.771. The molecule has 0 saturated heterocycles. The Hall–Kier alpha value is -1.91. The summed E-state index contributed by atoms with van der Waals surface area (Å²) >= 11 is 0. The van der Waals surface area contributed by atoms with Gasteiger partial charge in [-0.25, -0.2) is 9.07 Å². The number of halogens is 1. The van der Waals surface area contributed by atoms with Crippen molar-refractivity contribution < 1.29 is 4.39 Å². The van der Waals surface area contributed by atoms with Crippen LogP contribution in [0.1, 0.15) is 11.3 Å². The molecule has 0 radical (unpaired) electrons. The standard InChI is InChI=1S/C10H11FN4/c1-6-8(11)4-3-5-9(6)15-7(2)10(12)13-14-15/h3-5H,12H2,1-2H3. The van der Waals surface area contributed by atoms with E-state index in [1.54, 1.807) is 26.0 Å². The zero-order valence-corrected chi connectivity index (χ0v) is 8.53. The molecule has 0 spiro atoms. The van der Waals surface area contributed by atoms with Crippen LogP contribution < -0.4 is 5.73 Å². The minimum atomic E-state index is -0.263. The Morgan fingerprint density at radius 3 is 2.67 bits per heavy atom. The lowest BCUT2D eigenvalue weighted by atomic mass is 10.2. The first-order chi connectivity index (χ1) is 7.11. The molecule has 2 aromatic rings. The summed E-state index contributed by atoms with van der Waals surface area (Å²) in [5.74, 6) is 0.0969. The molecule has 1 aromatic heterocycles. The molecular weight excluding hydrogens is 195 g/mol. The van der Waals surface area contributed by atoms with Gasteiger partial charge in [-0.15, -0.1) is 5.10 Å². The molecule has 5 heteroatoms. The summed E-state index contributed by atoms with van der Waals surface area (Å²) in [6, 6.07) is 4.82. The average molecular weight is 206 g/mol. The average Bonchev–Trinajstić information content (AvgIpc) is 2.53. The van der Waals surface area contributed by atoms with E-state index in [1.165, 1.54) is 10.7 Å². The maximum absolute atomic E-state index is 13.3. The normalized spacial score (nSPS) is 10.6. The van der Waals surface area contributed by atoms with Crippen molar-refractivity contribution in [1.82, 2.24) is 15.0 Å². The lowest BCUT2D eigenvalue weighted by Gasteiger charge is -2.07. The SMILES string of the molecule is Cc1c(F)cccc1-n1nnc(N)c1C. The molecule has 0 unspecified atom stereocenters. The number of nitrogens with two attached hydrogens (primary N) is 1. The van der Waals surface area contributed by atoms with E-state index in [0.29, 0.717) is 22.8 Å². The van der Waals surface area contributed by atoms with Crippen LogP contribution in [0.2, 0.25) is 0 Å². The summed E-state index contributed by atoms with van der Waals surface area (Å²) in [5.41, 5.74) is 7.49. The predicted molar refractivity (Wildman–Crippen MR) is 55.2 cm³/mol. The third-order valence-corrected chi connectivity index (χ3v) is 2.40. The van der Waals surface area contributed by atoms with Gasteiger partial charge in [-0.1, -0.05) is 11.3 Å². The van der Waals surface area contributed by atoms with Crippen LogP contribution in [0.3, 0.4) is 0 Å². The van der Waals surface area contributed by atoms with Crippen LogP contribution in [0.4, 0.5) is 10.2 Å². The molecule has 15 heavy (non-hydrogen) atoms. The first-order valence-electron chi connectivity index (χ1n) is 4.54. The van der Waals surface area contributed by atoms with Gasteiger partial charge in [-0.3, -0.25) is 0 Å². The van der Waals surface area contributed by atoms with E-state index in [2.05, 4.69) is 10.3 Å². The molecule has 78 valence electrons. The van der Waals surface area contributed by atoms with E-state index in [9.17, 15) is 4.39 Å². The van der Waals surface area contributed by atoms with E-state index < -0.39 is 0 Å². The van der Waals surface area contributed by atoms with Crippen molar-refractivity contribution in [1.29, 1.82) is 0 Å². The Morgan fingerprint density at radius 2 is 2.07 bits per heavy atom. The molecule has 0 amide bonds. The van der Waals surface area contributed by atoms with E-state index in [-0.39, 0.29) is 5.82 Å². The fourth-order valence-electron chi connectivity index (χ4n) is 1.40. The second-order valence-corrected chi connectivity index (χ2v) is 3.36. The summed E-state index contributed by atoms with van der Waals surface area (Å²) in [5, 5.41) is 7.59. The molecule has 1 heterocycles. The van der Waals surface area contributed by atoms with Gasteiger partial charge in [0, 0.05) is 5.56 Å². The van der Waals surface area contributed by atoms with Crippen molar-refractivity contribution in [3.8, 4) is 5.69 Å². The Morgan fingerprint density at radius 1 is 1.33 bits per heavy atom. The number of anilines is 1. The smallest absolute Gasteiger partial charge is 0.169 e. The summed E-state index contributed by atoms with van der Waals surface area (Å²) in [6.07, 6.45) is 0. The lowest BCUT2D eigenvalue weighted by Crippen LogP contribution is -2.03. The summed E-state index contributed by atoms with van der Waals surface area (Å²) in [4.78, 5) is 0. The zero-order valence-electron chi connectivity index (χ0n) is 8.53. The molecule has 0 aliphatic rings. The highest BCUT2D eigenvalue weighted by Crippen LogP contribution is 2.19. The molecule has 2 rings (SSSR count). The van der Waals surface area contributed by atoms with Crippen LogP contribution in [-0.2, 0) is 0 Å². The van der Waals surface area contributed by atoms with Crippen LogP contribution in [0.5, 0.6) is 0 Å². The number of benzene rings is 1. The number of aromatic nitrogens is 3. The fraction of sp³-hybridized carbons (Fsp3) is 0.200. The van der Waals surface area contributed by atoms with Crippen LogP contribution in [0.15, 0.2) is 18.2 Å². The molecule has 0 saturated carbocycles. The van der Waals surface area contributed by atoms with Gasteiger partial charge in [0.05, 0.1) is 11.4 Å². The number of nitrogens with zero attached hydrogens (tertiary/aromatic N) is 3. The Balaban J connectivity index is 2.64. The van der Waals surface area contributed by atoms with E-state index in [0.717, 1.165) is 0 Å². The Kier molecular flexibility index (Phi) is 2.15. The molecule has 0 atom stereocenters. The van der Waals surface area contributed by atoms with Crippen LogP contribution in [0.25, 0.3) is 5.69 Å². The molecule has 2 N–H and O–H groups in total. The minimum Gasteiger partial charge on any atom is -0.381 e. The zero-order chi connectivity index (χ0) is 11.0. The van der Waals surface area contributed by atoms with Gasteiger partial charge in [-0.05, 0) is 26.0 Å². The Bertz CT molecular complexity index is 504. The van der Waals surface area contributed by atoms with Gasteiger partial charge >= 0.3 is 0 Å². The molecule has 4 nitrogen and oxygen atoms in total. The van der Waals surface area contributed by atoms with Crippen molar-refractivity contribution in [3.63, 3.8) is 0 Å². The van der Waals surface area contributed by atoms with Crippen LogP contribution >= 0.6 is 0 Å². The van der Waals surface area contributed by atoms with Crippen molar-refractivity contribution in [2.75, 3.05) is 5.73 Å². The third-order valence-electron chi connectivity index (χ3n) is 2.40. The van der Waals surface area contributed by atoms with E-state index in [4.69, 9.17) is 5.73 Å². The third kappa shape index (κ3) is 1.45. The molecule has 0 aliphatic heterocycles. The summed E-state index contributed by atoms with van der Waals surface area (Å²) in [6.45, 7) is 3.49. The molecule has 0 fully saturated rings. The maximum atomic E-state index is 13.3. The summed E-state index contributed by atoms with van der Waals surface area (Å²) < 4.78 is 14.8. The van der Waals surface area contributed by atoms with Crippen LogP contribution in [0, 0.1) is 19.7 Å². The Labute approximate surface area is 86.5 Å². The lowest BCUT2D eigenvalue weighted by molar-refractivity contribution is 0.614. The minimum absolute atomic E-state index is 0.263. The van der Waals surface area contributed by atoms with Gasteiger partial charge in [-0.2, -0.15) is 0 Å². The first-order valence-corrected chi connectivity index (χ1v) is 4.54. The number of rotatable bonds is 1. The van der Waals surface area contributed by atoms with E-state index >= 15 is 0 Å². The van der Waals surface area contributed by atoms with Crippen molar-refractivity contribution in [3.05, 3.63) is 35.3 Å². The van der Waals surface area contributed by atoms with Gasteiger partial charge < -0.3 is 5.73 Å². The molecule has 0 aliphatic carbocycles. The van der Waals surface area contributed by atoms with E-state index in [1.807, 2.05) is 0 Å². The molecule has 0 bridgehead atoms. The second kappa shape index (κ2) is 3.34. The van der Waals surface area contributed by atoms with Gasteiger partial charge in [0.2, 0.25) is 0 Å². The molecular formula is C10H11FN4. The molecule has 1 aromatic carbocycles. The second-order valence-electron chi connectivity index (χ2n) is 3.36. The topological polar surface area (TPSA) is 56.7 Å². The highest BCUT2D eigenvalue weighted by atomic mass is 19.1. The maximum Gasteiger partial charge on any atom is 0.169 e. The number of hydrogen-bond acceptors (Lipinski definition) is 3. The predicted octanol–water partition coefficient (Wildman–Crippen LogP) is 1.61. The highest BCUT2D eigenvalue weighted by molar-refractivity contribution is 5.44. The van der Waals surface area contributed by atoms with Crippen molar-refractivity contribution >= 4 is 5.82 Å². The van der Waals surface area contributed by atoms with Crippen molar-refractivity contribution in [2.24, 2.45) is 0 Å². The van der Waals surface area contributed by atoms with Gasteiger partial charge in [0.15, 0.2) is 5.82 Å². The fourth-order valence-corrected chi connectivity index (χ4v) is 1.40. The highest BCUT2D eigenvalue weighted by Gasteiger charge is 2.10. The van der Waals surface area contributed by atoms with Gasteiger partial charge in [0.25, 0.3) is 0 Å².